The number of ether oxygens (including phenoxy) is 1. The molecule has 0 saturated heterocycles. The SMILES string of the molecule is CCOC(=O)CCN(CCCO)C(=O)c1cccs1. The van der Waals surface area contributed by atoms with Crippen LogP contribution in [0.3, 0.4) is 0 Å². The van der Waals surface area contributed by atoms with Gasteiger partial charge in [-0.2, -0.15) is 0 Å². The molecule has 1 aromatic rings. The second-order valence-corrected chi connectivity index (χ2v) is 4.85. The molecule has 1 rings (SSSR count). The monoisotopic (exact) mass is 285 g/mol. The van der Waals surface area contributed by atoms with Gasteiger partial charge >= 0.3 is 5.97 Å². The molecular formula is C13H19NO4S. The summed E-state index contributed by atoms with van der Waals surface area (Å²) in [4.78, 5) is 25.7. The van der Waals surface area contributed by atoms with Crippen molar-refractivity contribution in [1.29, 1.82) is 0 Å². The van der Waals surface area contributed by atoms with Crippen LogP contribution in [0.4, 0.5) is 0 Å². The van der Waals surface area contributed by atoms with Crippen LogP contribution in [-0.4, -0.2) is 48.2 Å². The Morgan fingerprint density at radius 1 is 1.42 bits per heavy atom. The summed E-state index contributed by atoms with van der Waals surface area (Å²) in [5, 5.41) is 10.7. The first-order valence-electron chi connectivity index (χ1n) is 6.28. The molecule has 6 heteroatoms. The molecule has 0 saturated carbocycles. The number of thiophene rings is 1. The van der Waals surface area contributed by atoms with E-state index in [-0.39, 0.29) is 24.9 Å². The number of carbonyl (C=O) groups excluding carboxylic acids is 2. The van der Waals surface area contributed by atoms with Gasteiger partial charge in [-0.25, -0.2) is 0 Å². The summed E-state index contributed by atoms with van der Waals surface area (Å²) in [7, 11) is 0. The maximum absolute atomic E-state index is 12.2. The van der Waals surface area contributed by atoms with Crippen molar-refractivity contribution in [2.75, 3.05) is 26.3 Å². The van der Waals surface area contributed by atoms with Gasteiger partial charge in [0.2, 0.25) is 0 Å². The van der Waals surface area contributed by atoms with Gasteiger partial charge in [0.1, 0.15) is 0 Å². The Morgan fingerprint density at radius 3 is 2.79 bits per heavy atom. The second-order valence-electron chi connectivity index (χ2n) is 3.90. The molecule has 0 atom stereocenters. The fraction of sp³-hybridized carbons (Fsp3) is 0.538. The first kappa shape index (κ1) is 15.7. The molecule has 19 heavy (non-hydrogen) atoms. The zero-order valence-corrected chi connectivity index (χ0v) is 11.8. The minimum Gasteiger partial charge on any atom is -0.466 e. The normalized spacial score (nSPS) is 10.2. The number of amides is 1. The molecular weight excluding hydrogens is 266 g/mol. The van der Waals surface area contributed by atoms with E-state index < -0.39 is 0 Å². The number of esters is 1. The average molecular weight is 285 g/mol. The Bertz CT molecular complexity index is 391. The zero-order valence-electron chi connectivity index (χ0n) is 11.0. The van der Waals surface area contributed by atoms with Gasteiger partial charge in [0, 0.05) is 19.7 Å². The van der Waals surface area contributed by atoms with E-state index in [1.54, 1.807) is 17.9 Å². The molecule has 0 aliphatic carbocycles. The van der Waals surface area contributed by atoms with Crippen LogP contribution in [0.2, 0.25) is 0 Å². The van der Waals surface area contributed by atoms with Crippen molar-refractivity contribution in [3.8, 4) is 0 Å². The van der Waals surface area contributed by atoms with Crippen LogP contribution in [0, 0.1) is 0 Å². The van der Waals surface area contributed by atoms with E-state index in [4.69, 9.17) is 9.84 Å². The average Bonchev–Trinajstić information content (AvgIpc) is 2.92. The highest BCUT2D eigenvalue weighted by atomic mass is 32.1. The van der Waals surface area contributed by atoms with Gasteiger partial charge in [0.05, 0.1) is 17.9 Å². The second kappa shape index (κ2) is 8.66. The number of nitrogens with zero attached hydrogens (tertiary/aromatic N) is 1. The molecule has 0 radical (unpaired) electrons. The Hall–Kier alpha value is -1.40. The van der Waals surface area contributed by atoms with Crippen LogP contribution >= 0.6 is 11.3 Å². The van der Waals surface area contributed by atoms with Gasteiger partial charge in [-0.3, -0.25) is 9.59 Å². The van der Waals surface area contributed by atoms with Gasteiger partial charge in [0.25, 0.3) is 5.91 Å². The zero-order chi connectivity index (χ0) is 14.1. The molecule has 0 fully saturated rings. The number of aliphatic hydroxyl groups excluding tert-OH is 1. The highest BCUT2D eigenvalue weighted by Gasteiger charge is 2.17. The van der Waals surface area contributed by atoms with E-state index in [1.165, 1.54) is 11.3 Å². The molecule has 5 nitrogen and oxygen atoms in total. The lowest BCUT2D eigenvalue weighted by atomic mass is 10.3. The van der Waals surface area contributed by atoms with Gasteiger partial charge in [-0.1, -0.05) is 6.07 Å². The van der Waals surface area contributed by atoms with Crippen LogP contribution < -0.4 is 0 Å². The molecule has 1 amide bonds. The molecule has 1 aromatic heterocycles. The maximum Gasteiger partial charge on any atom is 0.307 e. The van der Waals surface area contributed by atoms with Crippen LogP contribution in [0.15, 0.2) is 17.5 Å². The van der Waals surface area contributed by atoms with Crippen molar-refractivity contribution in [3.05, 3.63) is 22.4 Å². The van der Waals surface area contributed by atoms with E-state index in [0.717, 1.165) is 0 Å². The molecule has 1 N–H and O–H groups in total. The largest absolute Gasteiger partial charge is 0.466 e. The summed E-state index contributed by atoms with van der Waals surface area (Å²) >= 11 is 1.37. The van der Waals surface area contributed by atoms with Gasteiger partial charge in [-0.05, 0) is 24.8 Å². The van der Waals surface area contributed by atoms with E-state index >= 15 is 0 Å². The van der Waals surface area contributed by atoms with Crippen molar-refractivity contribution < 1.29 is 19.4 Å². The highest BCUT2D eigenvalue weighted by Crippen LogP contribution is 2.12. The van der Waals surface area contributed by atoms with Gasteiger partial charge in [-0.15, -0.1) is 11.3 Å². The Labute approximate surface area is 116 Å². The first-order valence-corrected chi connectivity index (χ1v) is 7.16. The summed E-state index contributed by atoms with van der Waals surface area (Å²) in [5.74, 6) is -0.414. The number of hydrogen-bond acceptors (Lipinski definition) is 5. The van der Waals surface area contributed by atoms with Gasteiger partial charge in [0.15, 0.2) is 0 Å². The maximum atomic E-state index is 12.2. The molecule has 0 spiro atoms. The van der Waals surface area contributed by atoms with Crippen LogP contribution in [-0.2, 0) is 9.53 Å². The molecule has 0 aliphatic heterocycles. The smallest absolute Gasteiger partial charge is 0.307 e. The summed E-state index contributed by atoms with van der Waals surface area (Å²) < 4.78 is 4.84. The predicted octanol–water partition coefficient (Wildman–Crippen LogP) is 1.53. The number of carbonyl (C=O) groups is 2. The molecule has 0 bridgehead atoms. The summed E-state index contributed by atoms with van der Waals surface area (Å²) in [6.07, 6.45) is 0.677. The fourth-order valence-electron chi connectivity index (χ4n) is 1.59. The Kier molecular flexibility index (Phi) is 7.14. The van der Waals surface area contributed by atoms with Crippen molar-refractivity contribution in [2.45, 2.75) is 19.8 Å². The predicted molar refractivity (Wildman–Crippen MR) is 73.2 cm³/mol. The highest BCUT2D eigenvalue weighted by molar-refractivity contribution is 7.12. The standard InChI is InChI=1S/C13H19NO4S/c1-2-18-12(16)6-8-14(7-4-9-15)13(17)11-5-3-10-19-11/h3,5,10,15H,2,4,6-9H2,1H3. The summed E-state index contributed by atoms with van der Waals surface area (Å²) in [6, 6.07) is 3.57. The summed E-state index contributed by atoms with van der Waals surface area (Å²) in [6.45, 7) is 2.86. The van der Waals surface area contributed by atoms with Crippen molar-refractivity contribution in [3.63, 3.8) is 0 Å². The third kappa shape index (κ3) is 5.40. The van der Waals surface area contributed by atoms with Crippen molar-refractivity contribution in [2.24, 2.45) is 0 Å². The van der Waals surface area contributed by atoms with Gasteiger partial charge < -0.3 is 14.7 Å². The summed E-state index contributed by atoms with van der Waals surface area (Å²) in [5.41, 5.74) is 0. The topological polar surface area (TPSA) is 66.8 Å². The lowest BCUT2D eigenvalue weighted by Gasteiger charge is -2.21. The lowest BCUT2D eigenvalue weighted by molar-refractivity contribution is -0.143. The van der Waals surface area contributed by atoms with E-state index in [0.29, 0.717) is 31.0 Å². The molecule has 0 aromatic carbocycles. The van der Waals surface area contributed by atoms with E-state index in [2.05, 4.69) is 0 Å². The lowest BCUT2D eigenvalue weighted by Crippen LogP contribution is -2.34. The van der Waals surface area contributed by atoms with E-state index in [1.807, 2.05) is 11.4 Å². The Balaban J connectivity index is 2.56. The molecule has 1 heterocycles. The van der Waals surface area contributed by atoms with Crippen molar-refractivity contribution in [1.82, 2.24) is 4.90 Å². The van der Waals surface area contributed by atoms with Crippen LogP contribution in [0.5, 0.6) is 0 Å². The molecule has 0 unspecified atom stereocenters. The number of hydrogen-bond donors (Lipinski definition) is 1. The first-order chi connectivity index (χ1) is 9.19. The Morgan fingerprint density at radius 2 is 2.21 bits per heavy atom. The quantitative estimate of drug-likeness (QED) is 0.736. The minimum absolute atomic E-state index is 0.0215. The van der Waals surface area contributed by atoms with Crippen molar-refractivity contribution >= 4 is 23.2 Å². The van der Waals surface area contributed by atoms with Crippen LogP contribution in [0.1, 0.15) is 29.4 Å². The number of aliphatic hydroxyl groups is 1. The minimum atomic E-state index is -0.310. The van der Waals surface area contributed by atoms with Crippen LogP contribution in [0.25, 0.3) is 0 Å². The van der Waals surface area contributed by atoms with E-state index in [9.17, 15) is 9.59 Å². The third-order valence-corrected chi connectivity index (χ3v) is 3.35. The molecule has 106 valence electrons. The number of rotatable bonds is 8. The molecule has 0 aliphatic rings. The third-order valence-electron chi connectivity index (χ3n) is 2.50. The fourth-order valence-corrected chi connectivity index (χ4v) is 2.28.